The molecule has 25 heavy (non-hydrogen) atoms. The van der Waals surface area contributed by atoms with Gasteiger partial charge in [-0.05, 0) is 68.9 Å². The molecule has 0 radical (unpaired) electrons. The maximum atomic E-state index is 3.98. The lowest BCUT2D eigenvalue weighted by molar-refractivity contribution is 1.10. The molecular formula is C25H34. The number of hydrogen-bond donors (Lipinski definition) is 0. The van der Waals surface area contributed by atoms with Crippen LogP contribution in [0.1, 0.15) is 57.7 Å². The fraction of sp³-hybridized carbons (Fsp3) is 0.280. The van der Waals surface area contributed by atoms with Crippen molar-refractivity contribution in [2.45, 2.75) is 48.0 Å². The second-order valence-corrected chi connectivity index (χ2v) is 6.32. The van der Waals surface area contributed by atoms with Crippen molar-refractivity contribution in [3.05, 3.63) is 96.2 Å². The van der Waals surface area contributed by atoms with Crippen LogP contribution >= 0.6 is 0 Å². The SMILES string of the molecule is C=C/C=C(/C)CC.C=C/C=C\C(C)=C(/C)c1ccc(C(=C)C)cc1C. The molecule has 1 aromatic rings. The summed E-state index contributed by atoms with van der Waals surface area (Å²) >= 11 is 0. The predicted octanol–water partition coefficient (Wildman–Crippen LogP) is 8.09. The lowest BCUT2D eigenvalue weighted by atomic mass is 9.94. The van der Waals surface area contributed by atoms with Gasteiger partial charge in [0.2, 0.25) is 0 Å². The first-order valence-electron chi connectivity index (χ1n) is 8.80. The molecule has 1 aromatic carbocycles. The van der Waals surface area contributed by atoms with Crippen molar-refractivity contribution < 1.29 is 0 Å². The zero-order valence-corrected chi connectivity index (χ0v) is 16.9. The molecule has 1 rings (SSSR count). The molecule has 0 nitrogen and oxygen atoms in total. The minimum Gasteiger partial charge on any atom is -0.0991 e. The molecule has 0 N–H and O–H groups in total. The molecule has 0 heterocycles. The van der Waals surface area contributed by atoms with Crippen LogP contribution in [-0.4, -0.2) is 0 Å². The first kappa shape index (κ1) is 22.7. The topological polar surface area (TPSA) is 0 Å². The van der Waals surface area contributed by atoms with Gasteiger partial charge in [0.05, 0.1) is 0 Å². The van der Waals surface area contributed by atoms with Crippen LogP contribution in [0.25, 0.3) is 11.1 Å². The average molecular weight is 335 g/mol. The van der Waals surface area contributed by atoms with Crippen LogP contribution < -0.4 is 0 Å². The minimum absolute atomic E-state index is 1.11. The highest BCUT2D eigenvalue weighted by molar-refractivity contribution is 5.73. The van der Waals surface area contributed by atoms with Crippen LogP contribution in [0.3, 0.4) is 0 Å². The van der Waals surface area contributed by atoms with E-state index in [9.17, 15) is 0 Å². The summed E-state index contributed by atoms with van der Waals surface area (Å²) in [4.78, 5) is 0. The first-order chi connectivity index (χ1) is 11.8. The molecule has 0 bridgehead atoms. The Bertz CT molecular complexity index is 691. The number of rotatable bonds is 6. The third-order valence-corrected chi connectivity index (χ3v) is 4.16. The molecule has 0 fully saturated rings. The van der Waals surface area contributed by atoms with E-state index in [2.05, 4.69) is 78.6 Å². The molecule has 0 heteroatoms. The molecule has 0 unspecified atom stereocenters. The number of allylic oxidation sites excluding steroid dienone is 9. The van der Waals surface area contributed by atoms with Crippen molar-refractivity contribution in [1.29, 1.82) is 0 Å². The Morgan fingerprint density at radius 2 is 1.68 bits per heavy atom. The van der Waals surface area contributed by atoms with Crippen molar-refractivity contribution in [2.24, 2.45) is 0 Å². The van der Waals surface area contributed by atoms with Crippen molar-refractivity contribution in [2.75, 3.05) is 0 Å². The zero-order chi connectivity index (χ0) is 19.4. The Morgan fingerprint density at radius 3 is 2.08 bits per heavy atom. The van der Waals surface area contributed by atoms with Crippen LogP contribution in [0.4, 0.5) is 0 Å². The van der Waals surface area contributed by atoms with Crippen LogP contribution in [0.2, 0.25) is 0 Å². The molecule has 0 aromatic heterocycles. The molecule has 0 atom stereocenters. The third-order valence-electron chi connectivity index (χ3n) is 4.16. The minimum atomic E-state index is 1.11. The fourth-order valence-corrected chi connectivity index (χ4v) is 2.22. The monoisotopic (exact) mass is 334 g/mol. The zero-order valence-electron chi connectivity index (χ0n) is 16.9. The van der Waals surface area contributed by atoms with E-state index in [-0.39, 0.29) is 0 Å². The van der Waals surface area contributed by atoms with Gasteiger partial charge in [0, 0.05) is 0 Å². The maximum Gasteiger partial charge on any atom is -0.0195 e. The van der Waals surface area contributed by atoms with Gasteiger partial charge in [-0.25, -0.2) is 0 Å². The Kier molecular flexibility index (Phi) is 11.0. The molecule has 0 saturated heterocycles. The molecule has 0 aliphatic heterocycles. The van der Waals surface area contributed by atoms with Gasteiger partial charge < -0.3 is 0 Å². The van der Waals surface area contributed by atoms with E-state index < -0.39 is 0 Å². The summed E-state index contributed by atoms with van der Waals surface area (Å²) in [5.74, 6) is 0. The van der Waals surface area contributed by atoms with Gasteiger partial charge in [-0.3, -0.25) is 0 Å². The second-order valence-electron chi connectivity index (χ2n) is 6.32. The highest BCUT2D eigenvalue weighted by Crippen LogP contribution is 2.25. The van der Waals surface area contributed by atoms with Crippen LogP contribution in [0, 0.1) is 6.92 Å². The predicted molar refractivity (Wildman–Crippen MR) is 118 cm³/mol. The lowest BCUT2D eigenvalue weighted by Gasteiger charge is -2.11. The fourth-order valence-electron chi connectivity index (χ4n) is 2.22. The molecular weight excluding hydrogens is 300 g/mol. The van der Waals surface area contributed by atoms with Crippen LogP contribution in [0.5, 0.6) is 0 Å². The number of aryl methyl sites for hydroxylation is 1. The van der Waals surface area contributed by atoms with E-state index in [1.165, 1.54) is 33.4 Å². The van der Waals surface area contributed by atoms with Gasteiger partial charge in [0.1, 0.15) is 0 Å². The van der Waals surface area contributed by atoms with E-state index in [1.54, 1.807) is 6.08 Å². The van der Waals surface area contributed by atoms with Crippen molar-refractivity contribution >= 4 is 11.1 Å². The van der Waals surface area contributed by atoms with E-state index in [1.807, 2.05) is 25.2 Å². The smallest absolute Gasteiger partial charge is 0.0195 e. The number of hydrogen-bond acceptors (Lipinski definition) is 0. The molecule has 0 spiro atoms. The van der Waals surface area contributed by atoms with E-state index >= 15 is 0 Å². The summed E-state index contributed by atoms with van der Waals surface area (Å²) in [5, 5.41) is 0. The standard InChI is InChI=1S/C18H22.C7H12/c1-7-8-9-14(4)16(6)18-11-10-17(13(2)3)12-15(18)5;1-4-6-7(3)5-2/h7-12H,1-2H2,3-6H3;4,6H,1,5H2,2-3H3/b9-8-,16-14+;7-6-. The second kappa shape index (κ2) is 12.1. The van der Waals surface area contributed by atoms with Gasteiger partial charge >= 0.3 is 0 Å². The highest BCUT2D eigenvalue weighted by Gasteiger charge is 2.04. The summed E-state index contributed by atoms with van der Waals surface area (Å²) in [5.41, 5.74) is 8.86. The van der Waals surface area contributed by atoms with Gasteiger partial charge in [0.25, 0.3) is 0 Å². The lowest BCUT2D eigenvalue weighted by Crippen LogP contribution is -1.90. The summed E-state index contributed by atoms with van der Waals surface area (Å²) < 4.78 is 0. The van der Waals surface area contributed by atoms with Crippen molar-refractivity contribution in [3.63, 3.8) is 0 Å². The van der Waals surface area contributed by atoms with Crippen molar-refractivity contribution in [3.8, 4) is 0 Å². The Hall–Kier alpha value is -2.34. The first-order valence-corrected chi connectivity index (χ1v) is 8.80. The molecule has 0 saturated carbocycles. The Morgan fingerprint density at radius 1 is 1.04 bits per heavy atom. The van der Waals surface area contributed by atoms with E-state index in [0.717, 1.165) is 12.0 Å². The van der Waals surface area contributed by atoms with Gasteiger partial charge in [-0.15, -0.1) is 0 Å². The third kappa shape index (κ3) is 8.35. The van der Waals surface area contributed by atoms with Crippen LogP contribution in [0.15, 0.2) is 79.5 Å². The van der Waals surface area contributed by atoms with Gasteiger partial charge in [-0.2, -0.15) is 0 Å². The highest BCUT2D eigenvalue weighted by atomic mass is 14.1. The molecule has 0 aliphatic rings. The number of benzene rings is 1. The normalized spacial score (nSPS) is 12.2. The van der Waals surface area contributed by atoms with Gasteiger partial charge in [-0.1, -0.05) is 86.4 Å². The molecule has 0 aliphatic carbocycles. The van der Waals surface area contributed by atoms with E-state index in [4.69, 9.17) is 0 Å². The quantitative estimate of drug-likeness (QED) is 0.461. The maximum absolute atomic E-state index is 3.98. The Labute approximate surface area is 155 Å². The average Bonchev–Trinajstić information content (AvgIpc) is 2.59. The summed E-state index contributed by atoms with van der Waals surface area (Å²) in [7, 11) is 0. The molecule has 134 valence electrons. The Balaban J connectivity index is 0.000000697. The van der Waals surface area contributed by atoms with Gasteiger partial charge in [0.15, 0.2) is 0 Å². The largest absolute Gasteiger partial charge is 0.0991 e. The van der Waals surface area contributed by atoms with E-state index in [0.29, 0.717) is 0 Å². The van der Waals surface area contributed by atoms with Crippen LogP contribution in [-0.2, 0) is 0 Å². The van der Waals surface area contributed by atoms with Crippen molar-refractivity contribution in [1.82, 2.24) is 0 Å². The summed E-state index contributed by atoms with van der Waals surface area (Å²) in [6.45, 7) is 24.0. The molecule has 0 amide bonds. The summed E-state index contributed by atoms with van der Waals surface area (Å²) in [6, 6.07) is 6.52. The summed E-state index contributed by atoms with van der Waals surface area (Å²) in [6.07, 6.45) is 10.8.